The average molecular weight is 499 g/mol. The number of nitrogens with one attached hydrogen (secondary N) is 1. The fourth-order valence-electron chi connectivity index (χ4n) is 3.64. The maximum Gasteiger partial charge on any atom is 0.264 e. The monoisotopic (exact) mass is 498 g/mol. The first kappa shape index (κ1) is 25.9. The van der Waals surface area contributed by atoms with Crippen molar-refractivity contribution >= 4 is 21.6 Å². The zero-order valence-corrected chi connectivity index (χ0v) is 21.0. The first-order valence-electron chi connectivity index (χ1n) is 11.1. The Bertz CT molecular complexity index is 1230. The summed E-state index contributed by atoms with van der Waals surface area (Å²) in [5.74, 6) is 0.962. The van der Waals surface area contributed by atoms with Crippen LogP contribution >= 0.6 is 0 Å². The van der Waals surface area contributed by atoms with Gasteiger partial charge in [-0.1, -0.05) is 37.3 Å². The molecule has 35 heavy (non-hydrogen) atoms. The van der Waals surface area contributed by atoms with Crippen LogP contribution in [0.25, 0.3) is 0 Å². The number of nitrogens with zero attached hydrogens (tertiary/aromatic N) is 1. The Balaban J connectivity index is 1.91. The second kappa shape index (κ2) is 11.6. The zero-order valence-electron chi connectivity index (χ0n) is 20.2. The molecular formula is C26H30N2O6S. The van der Waals surface area contributed by atoms with E-state index in [1.165, 1.54) is 32.4 Å². The Morgan fingerprint density at radius 1 is 0.886 bits per heavy atom. The Kier molecular flexibility index (Phi) is 8.59. The molecule has 0 saturated carbocycles. The van der Waals surface area contributed by atoms with E-state index >= 15 is 0 Å². The summed E-state index contributed by atoms with van der Waals surface area (Å²) in [5.41, 5.74) is 1.27. The van der Waals surface area contributed by atoms with E-state index in [0.717, 1.165) is 9.87 Å². The number of hydrogen-bond donors (Lipinski definition) is 1. The highest BCUT2D eigenvalue weighted by Gasteiger charge is 2.29. The lowest BCUT2D eigenvalue weighted by Gasteiger charge is -2.26. The fraction of sp³-hybridized carbons (Fsp3) is 0.269. The van der Waals surface area contributed by atoms with E-state index in [9.17, 15) is 13.2 Å². The first-order chi connectivity index (χ1) is 16.8. The number of para-hydroxylation sites is 1. The van der Waals surface area contributed by atoms with Crippen molar-refractivity contribution in [1.29, 1.82) is 0 Å². The van der Waals surface area contributed by atoms with Crippen molar-refractivity contribution in [3.63, 3.8) is 0 Å². The summed E-state index contributed by atoms with van der Waals surface area (Å²) in [4.78, 5) is 13.1. The number of anilines is 1. The summed E-state index contributed by atoms with van der Waals surface area (Å²) in [5, 5.41) is 2.95. The molecule has 0 bridgehead atoms. The van der Waals surface area contributed by atoms with Gasteiger partial charge in [0, 0.05) is 6.07 Å². The second-order valence-corrected chi connectivity index (χ2v) is 9.53. The molecule has 9 heteroatoms. The van der Waals surface area contributed by atoms with Crippen molar-refractivity contribution in [2.75, 3.05) is 32.2 Å². The predicted molar refractivity (Wildman–Crippen MR) is 135 cm³/mol. The van der Waals surface area contributed by atoms with Gasteiger partial charge >= 0.3 is 0 Å². The van der Waals surface area contributed by atoms with Crippen molar-refractivity contribution in [3.05, 3.63) is 78.4 Å². The molecule has 0 heterocycles. The minimum Gasteiger partial charge on any atom is -0.497 e. The normalized spacial score (nSPS) is 11.9. The molecule has 0 aliphatic rings. The molecule has 186 valence electrons. The number of methoxy groups -OCH3 is 3. The summed E-state index contributed by atoms with van der Waals surface area (Å²) in [6.45, 7) is 1.55. The number of amides is 1. The third kappa shape index (κ3) is 6.05. The highest BCUT2D eigenvalue weighted by molar-refractivity contribution is 7.92. The summed E-state index contributed by atoms with van der Waals surface area (Å²) < 4.78 is 44.1. The Morgan fingerprint density at radius 3 is 2.11 bits per heavy atom. The van der Waals surface area contributed by atoms with Gasteiger partial charge in [-0.15, -0.1) is 0 Å². The highest BCUT2D eigenvalue weighted by Crippen LogP contribution is 2.32. The number of rotatable bonds is 11. The number of carbonyl (C=O) groups is 1. The van der Waals surface area contributed by atoms with Gasteiger partial charge in [-0.2, -0.15) is 0 Å². The fourth-order valence-corrected chi connectivity index (χ4v) is 5.08. The number of hydrogen-bond acceptors (Lipinski definition) is 6. The SMILES string of the molecule is CC[C@H](NC(=O)CN(c1ccccc1)S(=O)(=O)c1ccc(OC)c(OC)c1)c1ccc(OC)cc1. The molecule has 0 aliphatic carbocycles. The maximum atomic E-state index is 13.7. The van der Waals surface area contributed by atoms with Crippen molar-refractivity contribution in [1.82, 2.24) is 5.32 Å². The van der Waals surface area contributed by atoms with E-state index < -0.39 is 22.5 Å². The standard InChI is InChI=1S/C26H30N2O6S/c1-5-23(19-11-13-21(32-2)14-12-19)27-26(29)18-28(20-9-7-6-8-10-20)35(30,31)22-15-16-24(33-3)25(17-22)34-4/h6-17,23H,5,18H2,1-4H3,(H,27,29)/t23-/m0/s1. The van der Waals surface area contributed by atoms with Crippen LogP contribution in [0.3, 0.4) is 0 Å². The third-order valence-corrected chi connectivity index (χ3v) is 7.31. The molecule has 3 rings (SSSR count). The van der Waals surface area contributed by atoms with Gasteiger partial charge in [-0.05, 0) is 48.4 Å². The van der Waals surface area contributed by atoms with Crippen LogP contribution in [-0.2, 0) is 14.8 Å². The summed E-state index contributed by atoms with van der Waals surface area (Å²) >= 11 is 0. The van der Waals surface area contributed by atoms with Gasteiger partial charge < -0.3 is 19.5 Å². The van der Waals surface area contributed by atoms with Crippen LogP contribution in [0.15, 0.2) is 77.7 Å². The summed E-state index contributed by atoms with van der Waals surface area (Å²) in [7, 11) is 0.389. The molecule has 8 nitrogen and oxygen atoms in total. The summed E-state index contributed by atoms with van der Waals surface area (Å²) in [6, 6.07) is 20.0. The third-order valence-electron chi connectivity index (χ3n) is 5.54. The number of carbonyl (C=O) groups excluding carboxylic acids is 1. The number of benzene rings is 3. The van der Waals surface area contributed by atoms with Crippen molar-refractivity contribution < 1.29 is 27.4 Å². The lowest BCUT2D eigenvalue weighted by Crippen LogP contribution is -2.42. The van der Waals surface area contributed by atoms with E-state index in [1.54, 1.807) is 37.4 Å². The summed E-state index contributed by atoms with van der Waals surface area (Å²) in [6.07, 6.45) is 0.631. The molecule has 0 aliphatic heterocycles. The molecule has 0 saturated heterocycles. The molecule has 1 N–H and O–H groups in total. The molecule has 0 unspecified atom stereocenters. The molecule has 3 aromatic carbocycles. The van der Waals surface area contributed by atoms with Crippen LogP contribution in [-0.4, -0.2) is 42.2 Å². The molecule has 0 aromatic heterocycles. The van der Waals surface area contributed by atoms with E-state index in [-0.39, 0.29) is 16.7 Å². The number of ether oxygens (including phenoxy) is 3. The van der Waals surface area contributed by atoms with Crippen LogP contribution in [0.4, 0.5) is 5.69 Å². The predicted octanol–water partition coefficient (Wildman–Crippen LogP) is 4.18. The molecule has 0 spiro atoms. The number of sulfonamides is 1. The van der Waals surface area contributed by atoms with Gasteiger partial charge in [0.05, 0.1) is 38.0 Å². The molecular weight excluding hydrogens is 468 g/mol. The van der Waals surface area contributed by atoms with Crippen LogP contribution in [0.1, 0.15) is 24.9 Å². The van der Waals surface area contributed by atoms with E-state index in [1.807, 2.05) is 31.2 Å². The van der Waals surface area contributed by atoms with Crippen LogP contribution in [0.2, 0.25) is 0 Å². The zero-order chi connectivity index (χ0) is 25.4. The smallest absolute Gasteiger partial charge is 0.264 e. The van der Waals surface area contributed by atoms with Crippen LogP contribution in [0, 0.1) is 0 Å². The molecule has 1 amide bonds. The van der Waals surface area contributed by atoms with Crippen molar-refractivity contribution in [2.45, 2.75) is 24.3 Å². The van der Waals surface area contributed by atoms with Gasteiger partial charge in [-0.25, -0.2) is 8.42 Å². The van der Waals surface area contributed by atoms with Crippen molar-refractivity contribution in [3.8, 4) is 17.2 Å². The quantitative estimate of drug-likeness (QED) is 0.426. The van der Waals surface area contributed by atoms with Crippen LogP contribution in [0.5, 0.6) is 17.2 Å². The minimum atomic E-state index is -4.10. The maximum absolute atomic E-state index is 13.7. The van der Waals surface area contributed by atoms with E-state index in [2.05, 4.69) is 5.32 Å². The van der Waals surface area contributed by atoms with Crippen LogP contribution < -0.4 is 23.8 Å². The topological polar surface area (TPSA) is 94.2 Å². The molecule has 0 fully saturated rings. The van der Waals surface area contributed by atoms with Gasteiger partial charge in [0.1, 0.15) is 12.3 Å². The lowest BCUT2D eigenvalue weighted by atomic mass is 10.0. The largest absolute Gasteiger partial charge is 0.497 e. The molecule has 3 aromatic rings. The molecule has 0 radical (unpaired) electrons. The average Bonchev–Trinajstić information content (AvgIpc) is 2.90. The second-order valence-electron chi connectivity index (χ2n) is 7.67. The Labute approximate surface area is 206 Å². The van der Waals surface area contributed by atoms with Gasteiger partial charge in [0.2, 0.25) is 5.91 Å². The van der Waals surface area contributed by atoms with E-state index in [0.29, 0.717) is 23.6 Å². The minimum absolute atomic E-state index is 0.0194. The first-order valence-corrected chi connectivity index (χ1v) is 12.5. The highest BCUT2D eigenvalue weighted by atomic mass is 32.2. The van der Waals surface area contributed by atoms with Gasteiger partial charge in [-0.3, -0.25) is 9.10 Å². The van der Waals surface area contributed by atoms with E-state index in [4.69, 9.17) is 14.2 Å². The molecule has 1 atom stereocenters. The lowest BCUT2D eigenvalue weighted by molar-refractivity contribution is -0.120. The van der Waals surface area contributed by atoms with Gasteiger partial charge in [0.25, 0.3) is 10.0 Å². The Morgan fingerprint density at radius 2 is 1.54 bits per heavy atom. The van der Waals surface area contributed by atoms with Crippen molar-refractivity contribution in [2.24, 2.45) is 0 Å². The Hall–Kier alpha value is -3.72. The van der Waals surface area contributed by atoms with Gasteiger partial charge in [0.15, 0.2) is 11.5 Å².